The van der Waals surface area contributed by atoms with Gasteiger partial charge in [-0.1, -0.05) is 23.8 Å². The van der Waals surface area contributed by atoms with Crippen LogP contribution in [-0.4, -0.2) is 29.0 Å². The van der Waals surface area contributed by atoms with Crippen molar-refractivity contribution in [1.82, 2.24) is 0 Å². The Hall–Kier alpha value is -1.72. The predicted octanol–water partition coefficient (Wildman–Crippen LogP) is 6.01. The minimum absolute atomic E-state index is 0.208. The largest absolute Gasteiger partial charge is 0.493 e. The summed E-state index contributed by atoms with van der Waals surface area (Å²) in [7, 11) is 0. The van der Waals surface area contributed by atoms with Gasteiger partial charge in [-0.3, -0.25) is 9.59 Å². The Labute approximate surface area is 183 Å². The quantitative estimate of drug-likeness (QED) is 0.218. The highest BCUT2D eigenvalue weighted by molar-refractivity contribution is 6.30. The Balaban J connectivity index is 0.000000396. The van der Waals surface area contributed by atoms with Crippen molar-refractivity contribution in [3.63, 3.8) is 0 Å². The van der Waals surface area contributed by atoms with Gasteiger partial charge < -0.3 is 14.6 Å². The molecule has 1 saturated carbocycles. The predicted molar refractivity (Wildman–Crippen MR) is 116 cm³/mol. The number of allylic oxidation sites excluding steroid dienone is 2. The van der Waals surface area contributed by atoms with Gasteiger partial charge in [-0.15, -0.1) is 11.6 Å². The van der Waals surface area contributed by atoms with Crippen LogP contribution in [0.4, 0.5) is 0 Å². The minimum Gasteiger partial charge on any atom is -0.493 e. The van der Waals surface area contributed by atoms with Crippen LogP contribution in [0.15, 0.2) is 30.4 Å². The second kappa shape index (κ2) is 14.3. The van der Waals surface area contributed by atoms with E-state index in [0.717, 1.165) is 37.7 Å². The fourth-order valence-electron chi connectivity index (χ4n) is 2.89. The SMILES string of the molecule is C/C=C\CCCC(=O)O.CC(=O)OCc1cc(Cl)cc(OCC2CCC(Cl)C2)c1. The summed E-state index contributed by atoms with van der Waals surface area (Å²) in [6.07, 6.45) is 8.98. The number of aliphatic carboxylic acids is 1. The number of hydrogen-bond acceptors (Lipinski definition) is 4. The molecular weight excluding hydrogens is 415 g/mol. The molecule has 1 aliphatic rings. The highest BCUT2D eigenvalue weighted by Gasteiger charge is 2.23. The third kappa shape index (κ3) is 12.4. The summed E-state index contributed by atoms with van der Waals surface area (Å²) in [5.41, 5.74) is 0.823. The number of unbranched alkanes of at least 4 members (excludes halogenated alkanes) is 1. The molecule has 1 fully saturated rings. The Bertz CT molecular complexity index is 675. The lowest BCUT2D eigenvalue weighted by Crippen LogP contribution is -2.09. The zero-order valence-electron chi connectivity index (χ0n) is 17.0. The van der Waals surface area contributed by atoms with Crippen molar-refractivity contribution in [1.29, 1.82) is 0 Å². The first-order valence-corrected chi connectivity index (χ1v) is 10.6. The number of rotatable bonds is 9. The van der Waals surface area contributed by atoms with E-state index in [9.17, 15) is 9.59 Å². The summed E-state index contributed by atoms with van der Waals surface area (Å²) < 4.78 is 10.7. The number of esters is 1. The van der Waals surface area contributed by atoms with Gasteiger partial charge in [-0.25, -0.2) is 0 Å². The Morgan fingerprint density at radius 1 is 1.28 bits per heavy atom. The Morgan fingerprint density at radius 2 is 2.03 bits per heavy atom. The molecule has 0 aromatic heterocycles. The number of halogens is 2. The lowest BCUT2D eigenvalue weighted by molar-refractivity contribution is -0.142. The van der Waals surface area contributed by atoms with Crippen LogP contribution in [0.25, 0.3) is 0 Å². The molecule has 1 aromatic rings. The van der Waals surface area contributed by atoms with Crippen molar-refractivity contribution in [3.8, 4) is 5.75 Å². The van der Waals surface area contributed by atoms with Crippen molar-refractivity contribution in [2.24, 2.45) is 5.92 Å². The third-order valence-electron chi connectivity index (χ3n) is 4.33. The second-order valence-electron chi connectivity index (χ2n) is 7.02. The van der Waals surface area contributed by atoms with Gasteiger partial charge in [0.2, 0.25) is 0 Å². The van der Waals surface area contributed by atoms with Gasteiger partial charge in [0, 0.05) is 23.7 Å². The van der Waals surface area contributed by atoms with Crippen LogP contribution in [0, 0.1) is 5.92 Å². The molecule has 0 saturated heterocycles. The number of benzene rings is 1. The second-order valence-corrected chi connectivity index (χ2v) is 8.07. The van der Waals surface area contributed by atoms with Crippen LogP contribution in [0.1, 0.15) is 57.9 Å². The zero-order valence-corrected chi connectivity index (χ0v) is 18.5. The summed E-state index contributed by atoms with van der Waals surface area (Å²) in [6, 6.07) is 5.38. The molecular formula is C22H30Cl2O5. The first-order chi connectivity index (χ1) is 13.8. The van der Waals surface area contributed by atoms with Crippen LogP contribution < -0.4 is 4.74 Å². The van der Waals surface area contributed by atoms with E-state index in [1.807, 2.05) is 25.1 Å². The minimum atomic E-state index is -0.709. The normalized spacial score (nSPS) is 18.2. The molecule has 1 aliphatic carbocycles. The van der Waals surface area contributed by atoms with Crippen molar-refractivity contribution < 1.29 is 24.2 Å². The highest BCUT2D eigenvalue weighted by Crippen LogP contribution is 2.30. The fourth-order valence-corrected chi connectivity index (χ4v) is 3.52. The first-order valence-electron chi connectivity index (χ1n) is 9.82. The molecule has 0 amide bonds. The van der Waals surface area contributed by atoms with Gasteiger partial charge in [0.05, 0.1) is 6.61 Å². The molecule has 0 aliphatic heterocycles. The van der Waals surface area contributed by atoms with Gasteiger partial charge >= 0.3 is 11.9 Å². The van der Waals surface area contributed by atoms with Crippen molar-refractivity contribution in [2.75, 3.05) is 6.61 Å². The molecule has 5 nitrogen and oxygen atoms in total. The number of carbonyl (C=O) groups is 2. The van der Waals surface area contributed by atoms with E-state index in [2.05, 4.69) is 0 Å². The average molecular weight is 445 g/mol. The summed E-state index contributed by atoms with van der Waals surface area (Å²) in [5.74, 6) is 0.192. The Kier molecular flexibility index (Phi) is 12.5. The van der Waals surface area contributed by atoms with Crippen LogP contribution in [0.3, 0.4) is 0 Å². The van der Waals surface area contributed by atoms with Crippen molar-refractivity contribution in [2.45, 2.75) is 64.4 Å². The molecule has 0 heterocycles. The molecule has 2 unspecified atom stereocenters. The van der Waals surface area contributed by atoms with E-state index < -0.39 is 5.97 Å². The van der Waals surface area contributed by atoms with Gasteiger partial charge in [0.1, 0.15) is 12.4 Å². The van der Waals surface area contributed by atoms with Crippen molar-refractivity contribution in [3.05, 3.63) is 40.9 Å². The van der Waals surface area contributed by atoms with E-state index in [1.54, 1.807) is 12.1 Å². The lowest BCUT2D eigenvalue weighted by atomic mass is 10.1. The van der Waals surface area contributed by atoms with E-state index >= 15 is 0 Å². The summed E-state index contributed by atoms with van der Waals surface area (Å²) >= 11 is 12.1. The molecule has 1 aromatic carbocycles. The molecule has 0 spiro atoms. The van der Waals surface area contributed by atoms with E-state index in [-0.39, 0.29) is 24.4 Å². The molecule has 29 heavy (non-hydrogen) atoms. The maximum absolute atomic E-state index is 10.8. The third-order valence-corrected chi connectivity index (χ3v) is 4.95. The summed E-state index contributed by atoms with van der Waals surface area (Å²) in [5, 5.41) is 9.04. The standard InChI is InChI=1S/C15H18Cl2O3.C7H12O2/c1-10(18)19-9-12-5-14(17)7-15(6-12)20-8-11-2-3-13(16)4-11;1-2-3-4-5-6-7(8)9/h5-7,11,13H,2-4,8-9H2,1H3;2-3H,4-6H2,1H3,(H,8,9)/b;3-2-. The molecule has 2 atom stereocenters. The maximum atomic E-state index is 10.8. The lowest BCUT2D eigenvalue weighted by Gasteiger charge is -2.13. The van der Waals surface area contributed by atoms with Crippen LogP contribution in [0.5, 0.6) is 5.75 Å². The number of hydrogen-bond donors (Lipinski definition) is 1. The first kappa shape index (κ1) is 25.3. The smallest absolute Gasteiger partial charge is 0.303 e. The van der Waals surface area contributed by atoms with E-state index in [4.69, 9.17) is 37.8 Å². The van der Waals surface area contributed by atoms with Gasteiger partial charge in [0.25, 0.3) is 0 Å². The van der Waals surface area contributed by atoms with Gasteiger partial charge in [-0.05, 0) is 68.7 Å². The number of ether oxygens (including phenoxy) is 2. The molecule has 2 rings (SSSR count). The summed E-state index contributed by atoms with van der Waals surface area (Å²) in [4.78, 5) is 20.8. The van der Waals surface area contributed by atoms with Crippen molar-refractivity contribution >= 4 is 35.1 Å². The number of carboxylic acid groups (broad SMARTS) is 1. The van der Waals surface area contributed by atoms with Crippen LogP contribution >= 0.6 is 23.2 Å². The topological polar surface area (TPSA) is 72.8 Å². The number of carbonyl (C=O) groups excluding carboxylic acids is 1. The summed E-state index contributed by atoms with van der Waals surface area (Å²) in [6.45, 7) is 4.17. The number of carboxylic acids is 1. The monoisotopic (exact) mass is 444 g/mol. The average Bonchev–Trinajstić information content (AvgIpc) is 3.07. The van der Waals surface area contributed by atoms with Crippen LogP contribution in [0.2, 0.25) is 5.02 Å². The Morgan fingerprint density at radius 3 is 2.62 bits per heavy atom. The maximum Gasteiger partial charge on any atom is 0.303 e. The van der Waals surface area contributed by atoms with Gasteiger partial charge in [-0.2, -0.15) is 0 Å². The van der Waals surface area contributed by atoms with E-state index in [0.29, 0.717) is 23.3 Å². The number of alkyl halides is 1. The molecule has 0 bridgehead atoms. The van der Waals surface area contributed by atoms with Crippen LogP contribution in [-0.2, 0) is 20.9 Å². The molecule has 0 radical (unpaired) electrons. The van der Waals surface area contributed by atoms with Gasteiger partial charge in [0.15, 0.2) is 0 Å². The molecule has 7 heteroatoms. The highest BCUT2D eigenvalue weighted by atomic mass is 35.5. The zero-order chi connectivity index (χ0) is 21.6. The fraction of sp³-hybridized carbons (Fsp3) is 0.545. The molecule has 1 N–H and O–H groups in total. The molecule has 162 valence electrons. The van der Waals surface area contributed by atoms with E-state index in [1.165, 1.54) is 6.92 Å².